The predicted molar refractivity (Wildman–Crippen MR) is 56.7 cm³/mol. The van der Waals surface area contributed by atoms with Crippen LogP contribution in [0, 0.1) is 5.92 Å². The number of hydrogen-bond donors (Lipinski definition) is 2. The van der Waals surface area contributed by atoms with E-state index in [1.807, 2.05) is 0 Å². The topological polar surface area (TPSA) is 82.8 Å². The van der Waals surface area contributed by atoms with E-state index in [4.69, 9.17) is 0 Å². The fourth-order valence-electron chi connectivity index (χ4n) is 2.93. The number of nitrogens with one attached hydrogen (secondary N) is 2. The molecule has 2 N–H and O–H groups in total. The molecule has 0 aliphatic heterocycles. The molecule has 0 radical (unpaired) electrons. The first-order valence-corrected chi connectivity index (χ1v) is 5.59. The second kappa shape index (κ2) is 3.17. The van der Waals surface area contributed by atoms with Gasteiger partial charge in [0.15, 0.2) is 5.78 Å². The Kier molecular flexibility index (Phi) is 1.89. The average molecular weight is 220 g/mol. The molecule has 2 aliphatic carbocycles. The third kappa shape index (κ3) is 1.14. The van der Waals surface area contributed by atoms with E-state index in [0.717, 1.165) is 25.7 Å². The van der Waals surface area contributed by atoms with Crippen LogP contribution in [0.3, 0.4) is 0 Å². The number of ketones is 1. The highest BCUT2D eigenvalue weighted by Gasteiger charge is 2.42. The predicted octanol–water partition coefficient (Wildman–Crippen LogP) is 0.533. The van der Waals surface area contributed by atoms with E-state index in [0.29, 0.717) is 11.4 Å². The van der Waals surface area contributed by atoms with E-state index in [9.17, 15) is 14.4 Å². The van der Waals surface area contributed by atoms with Gasteiger partial charge < -0.3 is 9.97 Å². The van der Waals surface area contributed by atoms with Crippen LogP contribution < -0.4 is 11.1 Å². The molecule has 0 saturated heterocycles. The molecule has 84 valence electrons. The molecule has 0 aromatic carbocycles. The van der Waals surface area contributed by atoms with Crippen LogP contribution in [0.25, 0.3) is 0 Å². The number of Topliss-reactive ketones (excluding diaryl/α,β-unsaturated/α-hetero) is 1. The Morgan fingerprint density at radius 1 is 0.875 bits per heavy atom. The molecule has 0 bridgehead atoms. The second-order valence-electron chi connectivity index (χ2n) is 4.56. The van der Waals surface area contributed by atoms with Crippen LogP contribution >= 0.6 is 0 Å². The summed E-state index contributed by atoms with van der Waals surface area (Å²) in [5.41, 5.74) is -0.399. The number of rotatable bonds is 0. The highest BCUT2D eigenvalue weighted by atomic mass is 16.2. The molecule has 1 heterocycles. The zero-order valence-corrected chi connectivity index (χ0v) is 8.71. The molecular formula is C11H12N2O3. The van der Waals surface area contributed by atoms with Gasteiger partial charge in [0, 0.05) is 17.5 Å². The second-order valence-corrected chi connectivity index (χ2v) is 4.56. The number of hydrogen-bond acceptors (Lipinski definition) is 3. The van der Waals surface area contributed by atoms with Crippen molar-refractivity contribution >= 4 is 5.78 Å². The van der Waals surface area contributed by atoms with Gasteiger partial charge in [0.25, 0.3) is 0 Å². The zero-order chi connectivity index (χ0) is 11.3. The Hall–Kier alpha value is -1.65. The van der Waals surface area contributed by atoms with E-state index in [-0.39, 0.29) is 17.6 Å². The average Bonchev–Trinajstić information content (AvgIpc) is 2.55. The molecule has 0 amide bonds. The minimum absolute atomic E-state index is 0.00644. The number of carbonyl (C=O) groups excluding carboxylic acids is 1. The van der Waals surface area contributed by atoms with Crippen molar-refractivity contribution in [1.29, 1.82) is 0 Å². The van der Waals surface area contributed by atoms with E-state index >= 15 is 0 Å². The molecule has 16 heavy (non-hydrogen) atoms. The smallest absolute Gasteiger partial charge is 0.314 e. The zero-order valence-electron chi connectivity index (χ0n) is 8.71. The molecule has 0 spiro atoms. The maximum Gasteiger partial charge on any atom is 0.314 e. The van der Waals surface area contributed by atoms with Gasteiger partial charge in [0.05, 0.1) is 0 Å². The van der Waals surface area contributed by atoms with Crippen LogP contribution in [0.5, 0.6) is 0 Å². The van der Waals surface area contributed by atoms with E-state index in [1.165, 1.54) is 0 Å². The molecule has 1 saturated carbocycles. The maximum absolute atomic E-state index is 12.0. The van der Waals surface area contributed by atoms with Crippen LogP contribution in [0.1, 0.15) is 47.8 Å². The molecule has 2 atom stereocenters. The van der Waals surface area contributed by atoms with Gasteiger partial charge in [-0.25, -0.2) is 0 Å². The van der Waals surface area contributed by atoms with Crippen molar-refractivity contribution in [1.82, 2.24) is 9.97 Å². The van der Waals surface area contributed by atoms with Gasteiger partial charge >= 0.3 is 11.1 Å². The molecule has 2 unspecified atom stereocenters. The van der Waals surface area contributed by atoms with Crippen LogP contribution in [-0.4, -0.2) is 15.8 Å². The van der Waals surface area contributed by atoms with Gasteiger partial charge in [0.1, 0.15) is 5.69 Å². The number of fused-ring (bicyclic) bond motifs is 3. The fourth-order valence-corrected chi connectivity index (χ4v) is 2.93. The van der Waals surface area contributed by atoms with Crippen molar-refractivity contribution in [2.45, 2.75) is 31.6 Å². The van der Waals surface area contributed by atoms with Crippen LogP contribution in [0.2, 0.25) is 0 Å². The lowest BCUT2D eigenvalue weighted by Gasteiger charge is -2.23. The normalized spacial score (nSPS) is 27.6. The Labute approximate surface area is 90.9 Å². The maximum atomic E-state index is 12.0. The molecule has 1 fully saturated rings. The number of aromatic amines is 2. The highest BCUT2D eigenvalue weighted by Crippen LogP contribution is 2.44. The van der Waals surface area contributed by atoms with Crippen molar-refractivity contribution in [2.75, 3.05) is 0 Å². The van der Waals surface area contributed by atoms with E-state index in [1.54, 1.807) is 0 Å². The van der Waals surface area contributed by atoms with E-state index in [2.05, 4.69) is 9.97 Å². The summed E-state index contributed by atoms with van der Waals surface area (Å²) in [6.07, 6.45) is 3.91. The number of aromatic nitrogens is 2. The lowest BCUT2D eigenvalue weighted by Crippen LogP contribution is -2.31. The van der Waals surface area contributed by atoms with E-state index < -0.39 is 11.1 Å². The highest BCUT2D eigenvalue weighted by molar-refractivity contribution is 6.00. The summed E-state index contributed by atoms with van der Waals surface area (Å²) in [7, 11) is 0. The Balaban J connectivity index is 2.22. The summed E-state index contributed by atoms with van der Waals surface area (Å²) in [5.74, 6) is 0.0753. The van der Waals surface area contributed by atoms with Gasteiger partial charge in [-0.2, -0.15) is 0 Å². The van der Waals surface area contributed by atoms with Crippen LogP contribution in [-0.2, 0) is 0 Å². The van der Waals surface area contributed by atoms with Crippen molar-refractivity contribution in [3.8, 4) is 0 Å². The summed E-state index contributed by atoms with van der Waals surface area (Å²) in [4.78, 5) is 39.4. The van der Waals surface area contributed by atoms with Crippen LogP contribution in [0.4, 0.5) is 0 Å². The van der Waals surface area contributed by atoms with Crippen molar-refractivity contribution in [3.05, 3.63) is 32.1 Å². The Bertz CT molecular complexity index is 569. The van der Waals surface area contributed by atoms with Crippen molar-refractivity contribution in [2.24, 2.45) is 5.92 Å². The van der Waals surface area contributed by atoms with Gasteiger partial charge in [-0.1, -0.05) is 12.8 Å². The molecule has 5 heteroatoms. The lowest BCUT2D eigenvalue weighted by molar-refractivity contribution is 0.0893. The Morgan fingerprint density at radius 3 is 2.25 bits per heavy atom. The SMILES string of the molecule is O=C1c2[nH]c(=O)c(=O)[nH]c2C2CCCCC12. The third-order valence-corrected chi connectivity index (χ3v) is 3.68. The van der Waals surface area contributed by atoms with Gasteiger partial charge in [-0.05, 0) is 12.8 Å². The quantitative estimate of drug-likeness (QED) is 0.626. The summed E-state index contributed by atoms with van der Waals surface area (Å²) in [5, 5.41) is 0. The first-order valence-electron chi connectivity index (χ1n) is 5.59. The number of H-pyrrole nitrogens is 2. The standard InChI is InChI=1S/C11H12N2O3/c14-9-6-4-2-1-3-5(6)7-8(9)13-11(16)10(15)12-7/h5-6H,1-4H2,(H,12,15)(H,13,16). The molecule has 5 nitrogen and oxygen atoms in total. The largest absolute Gasteiger partial charge is 0.319 e. The lowest BCUT2D eigenvalue weighted by atomic mass is 9.80. The fraction of sp³-hybridized carbons (Fsp3) is 0.545. The van der Waals surface area contributed by atoms with Gasteiger partial charge in [-0.3, -0.25) is 14.4 Å². The minimum Gasteiger partial charge on any atom is -0.319 e. The van der Waals surface area contributed by atoms with Crippen molar-refractivity contribution < 1.29 is 4.79 Å². The first kappa shape index (κ1) is 9.57. The molecule has 1 aromatic rings. The summed E-state index contributed by atoms with van der Waals surface area (Å²) in [6.45, 7) is 0. The van der Waals surface area contributed by atoms with Crippen LogP contribution in [0.15, 0.2) is 9.59 Å². The minimum atomic E-state index is -0.731. The van der Waals surface area contributed by atoms with Crippen molar-refractivity contribution in [3.63, 3.8) is 0 Å². The molecule has 2 aliphatic rings. The summed E-state index contributed by atoms with van der Waals surface area (Å²) >= 11 is 0. The molecular weight excluding hydrogens is 208 g/mol. The summed E-state index contributed by atoms with van der Waals surface area (Å²) < 4.78 is 0. The first-order chi connectivity index (χ1) is 7.68. The van der Waals surface area contributed by atoms with Gasteiger partial charge in [0.2, 0.25) is 0 Å². The monoisotopic (exact) mass is 220 g/mol. The molecule has 3 rings (SSSR count). The van der Waals surface area contributed by atoms with Gasteiger partial charge in [-0.15, -0.1) is 0 Å². The number of carbonyl (C=O) groups is 1. The summed E-state index contributed by atoms with van der Waals surface area (Å²) in [6, 6.07) is 0. The Morgan fingerprint density at radius 2 is 1.50 bits per heavy atom. The molecule has 1 aromatic heterocycles. The third-order valence-electron chi connectivity index (χ3n) is 3.68.